The van der Waals surface area contributed by atoms with Crippen molar-refractivity contribution in [2.45, 2.75) is 12.8 Å². The van der Waals surface area contributed by atoms with E-state index >= 15 is 0 Å². The van der Waals surface area contributed by atoms with Gasteiger partial charge in [-0.15, -0.1) is 0 Å². The molecule has 0 aromatic heterocycles. The normalized spacial score (nSPS) is 14.3. The Kier molecular flexibility index (Phi) is 5.36. The summed E-state index contributed by atoms with van der Waals surface area (Å²) in [7, 11) is 0. The van der Waals surface area contributed by atoms with Crippen molar-refractivity contribution in [3.8, 4) is 18.2 Å². The molecule has 0 saturated heterocycles. The number of rotatable bonds is 4. The van der Waals surface area contributed by atoms with E-state index < -0.39 is 0 Å². The van der Waals surface area contributed by atoms with Gasteiger partial charge in [0.2, 0.25) is 0 Å². The van der Waals surface area contributed by atoms with E-state index in [-0.39, 0.29) is 22.8 Å². The molecule has 0 radical (unpaired) electrons. The summed E-state index contributed by atoms with van der Waals surface area (Å²) in [6.45, 7) is 0. The molecule has 0 heterocycles. The Labute approximate surface area is 143 Å². The van der Waals surface area contributed by atoms with Crippen molar-refractivity contribution in [1.29, 1.82) is 15.8 Å². The van der Waals surface area contributed by atoms with Crippen molar-refractivity contribution in [1.82, 2.24) is 0 Å². The van der Waals surface area contributed by atoms with Crippen LogP contribution in [0.3, 0.4) is 0 Å². The number of allylic oxidation sites excluding steroid dienone is 4. The number of hydrogen-bond donors (Lipinski definition) is 1. The minimum Gasteiger partial charge on any atom is -0.396 e. The molecule has 0 aliphatic heterocycles. The number of hydrogen-bond acceptors (Lipinski definition) is 4. The standard InChI is InChI=1S/C18H13BrN4/c19-15-3-1-2-12(8-15)4-7-16(13-5-6-13)17(11-22)18(23)14(9-20)10-21/h1-4,7-8,13H,5-6,23H2. The van der Waals surface area contributed by atoms with Crippen LogP contribution < -0.4 is 5.73 Å². The van der Waals surface area contributed by atoms with Crippen molar-refractivity contribution < 1.29 is 0 Å². The zero-order chi connectivity index (χ0) is 16.8. The number of nitrogens with two attached hydrogens (primary N) is 1. The lowest BCUT2D eigenvalue weighted by Gasteiger charge is -2.06. The van der Waals surface area contributed by atoms with E-state index in [0.29, 0.717) is 0 Å². The van der Waals surface area contributed by atoms with Crippen LogP contribution >= 0.6 is 15.9 Å². The molecule has 0 atom stereocenters. The molecule has 0 amide bonds. The molecule has 0 spiro atoms. The molecule has 1 saturated carbocycles. The first-order valence-corrected chi connectivity index (χ1v) is 7.78. The van der Waals surface area contributed by atoms with Gasteiger partial charge in [0.05, 0.1) is 11.3 Å². The van der Waals surface area contributed by atoms with Gasteiger partial charge in [0.25, 0.3) is 0 Å². The van der Waals surface area contributed by atoms with Crippen molar-refractivity contribution in [2.75, 3.05) is 0 Å². The number of nitrogens with zero attached hydrogens (tertiary/aromatic N) is 3. The summed E-state index contributed by atoms with van der Waals surface area (Å²) in [5, 5.41) is 27.3. The van der Waals surface area contributed by atoms with Crippen LogP contribution in [0, 0.1) is 39.9 Å². The molecule has 1 aliphatic carbocycles. The van der Waals surface area contributed by atoms with Crippen LogP contribution in [0.15, 0.2) is 57.2 Å². The monoisotopic (exact) mass is 364 g/mol. The third-order valence-electron chi connectivity index (χ3n) is 3.48. The quantitative estimate of drug-likeness (QED) is 0.645. The highest BCUT2D eigenvalue weighted by atomic mass is 79.9. The van der Waals surface area contributed by atoms with E-state index in [9.17, 15) is 5.26 Å². The fourth-order valence-electron chi connectivity index (χ4n) is 2.16. The molecule has 0 bridgehead atoms. The van der Waals surface area contributed by atoms with E-state index in [2.05, 4.69) is 22.0 Å². The lowest BCUT2D eigenvalue weighted by Crippen LogP contribution is -2.06. The van der Waals surface area contributed by atoms with E-state index in [1.165, 1.54) is 0 Å². The average Bonchev–Trinajstić information content (AvgIpc) is 3.37. The highest BCUT2D eigenvalue weighted by Gasteiger charge is 2.28. The second-order valence-electron chi connectivity index (χ2n) is 5.12. The fraction of sp³-hybridized carbons (Fsp3) is 0.167. The molecule has 1 aliphatic rings. The van der Waals surface area contributed by atoms with Crippen molar-refractivity contribution in [3.05, 3.63) is 62.8 Å². The molecular formula is C18H13BrN4. The molecular weight excluding hydrogens is 352 g/mol. The Bertz CT molecular complexity index is 821. The van der Waals surface area contributed by atoms with Crippen molar-refractivity contribution in [2.24, 2.45) is 11.7 Å². The maximum atomic E-state index is 9.44. The van der Waals surface area contributed by atoms with Crippen LogP contribution in [0.2, 0.25) is 0 Å². The Morgan fingerprint density at radius 3 is 2.39 bits per heavy atom. The lowest BCUT2D eigenvalue weighted by atomic mass is 9.98. The first-order chi connectivity index (χ1) is 11.1. The zero-order valence-electron chi connectivity index (χ0n) is 12.3. The minimum atomic E-state index is -0.226. The van der Waals surface area contributed by atoms with Crippen molar-refractivity contribution in [3.63, 3.8) is 0 Å². The average molecular weight is 365 g/mol. The summed E-state index contributed by atoms with van der Waals surface area (Å²) < 4.78 is 0.966. The first kappa shape index (κ1) is 16.6. The summed E-state index contributed by atoms with van der Waals surface area (Å²) in [5.74, 6) is 0.255. The highest BCUT2D eigenvalue weighted by Crippen LogP contribution is 2.40. The van der Waals surface area contributed by atoms with Crippen LogP contribution in [-0.2, 0) is 0 Å². The van der Waals surface area contributed by atoms with E-state index in [1.54, 1.807) is 12.1 Å². The van der Waals surface area contributed by atoms with Gasteiger partial charge in [0.1, 0.15) is 18.2 Å². The minimum absolute atomic E-state index is 0.0432. The molecule has 4 nitrogen and oxygen atoms in total. The Balaban J connectivity index is 2.49. The molecule has 2 rings (SSSR count). The molecule has 5 heteroatoms. The molecule has 23 heavy (non-hydrogen) atoms. The van der Waals surface area contributed by atoms with E-state index in [4.69, 9.17) is 16.3 Å². The Morgan fingerprint density at radius 1 is 1.17 bits per heavy atom. The molecule has 0 unspecified atom stereocenters. The largest absolute Gasteiger partial charge is 0.396 e. The second-order valence-corrected chi connectivity index (χ2v) is 6.03. The summed E-state index contributed by atoms with van der Waals surface area (Å²) in [4.78, 5) is 0. The van der Waals surface area contributed by atoms with Crippen molar-refractivity contribution >= 4 is 22.0 Å². The van der Waals surface area contributed by atoms with Crippen LogP contribution in [0.25, 0.3) is 6.08 Å². The maximum absolute atomic E-state index is 9.44. The third-order valence-corrected chi connectivity index (χ3v) is 3.98. The van der Waals surface area contributed by atoms with Gasteiger partial charge in [0.15, 0.2) is 5.57 Å². The van der Waals surface area contributed by atoms with Gasteiger partial charge < -0.3 is 5.73 Å². The fourth-order valence-corrected chi connectivity index (χ4v) is 2.58. The first-order valence-electron chi connectivity index (χ1n) is 6.99. The number of benzene rings is 1. The summed E-state index contributed by atoms with van der Waals surface area (Å²) in [6.07, 6.45) is 5.72. The van der Waals surface area contributed by atoms with E-state index in [0.717, 1.165) is 28.5 Å². The van der Waals surface area contributed by atoms with Gasteiger partial charge in [-0.25, -0.2) is 0 Å². The SMILES string of the molecule is N#CC(C#N)=C(N)C(C#N)=C(C=Cc1cccc(Br)c1)C1CC1. The molecule has 1 aromatic carbocycles. The van der Waals surface area contributed by atoms with Crippen LogP contribution in [0.5, 0.6) is 0 Å². The molecule has 112 valence electrons. The van der Waals surface area contributed by atoms with Gasteiger partial charge in [-0.3, -0.25) is 0 Å². The van der Waals surface area contributed by atoms with Gasteiger partial charge >= 0.3 is 0 Å². The van der Waals surface area contributed by atoms with Gasteiger partial charge in [-0.1, -0.05) is 40.2 Å². The van der Waals surface area contributed by atoms with E-state index in [1.807, 2.05) is 36.4 Å². The lowest BCUT2D eigenvalue weighted by molar-refractivity contribution is 1.03. The summed E-state index contributed by atoms with van der Waals surface area (Å²) in [6, 6.07) is 13.3. The third kappa shape index (κ3) is 4.10. The second kappa shape index (κ2) is 7.45. The number of nitriles is 3. The topological polar surface area (TPSA) is 97.4 Å². The molecule has 1 fully saturated rings. The smallest absolute Gasteiger partial charge is 0.153 e. The Morgan fingerprint density at radius 2 is 1.87 bits per heavy atom. The predicted octanol–water partition coefficient (Wildman–Crippen LogP) is 3.95. The summed E-state index contributed by atoms with van der Waals surface area (Å²) in [5.41, 5.74) is 7.59. The van der Waals surface area contributed by atoms with Gasteiger partial charge in [-0.2, -0.15) is 15.8 Å². The van der Waals surface area contributed by atoms with Crippen LogP contribution in [0.1, 0.15) is 18.4 Å². The summed E-state index contributed by atoms with van der Waals surface area (Å²) >= 11 is 3.42. The van der Waals surface area contributed by atoms with Crippen LogP contribution in [-0.4, -0.2) is 0 Å². The van der Waals surface area contributed by atoms with Gasteiger partial charge in [0, 0.05) is 4.47 Å². The zero-order valence-corrected chi connectivity index (χ0v) is 13.8. The molecule has 1 aromatic rings. The van der Waals surface area contributed by atoms with Gasteiger partial charge in [-0.05, 0) is 42.0 Å². The number of halogens is 1. The maximum Gasteiger partial charge on any atom is 0.153 e. The highest BCUT2D eigenvalue weighted by molar-refractivity contribution is 9.10. The Hall–Kier alpha value is -2.81. The van der Waals surface area contributed by atoms with Crippen LogP contribution in [0.4, 0.5) is 0 Å². The predicted molar refractivity (Wildman–Crippen MR) is 91.0 cm³/mol. The molecule has 2 N–H and O–H groups in total.